The van der Waals surface area contributed by atoms with Crippen LogP contribution in [0.4, 0.5) is 0 Å². The highest BCUT2D eigenvalue weighted by Crippen LogP contribution is 2.37. The molecule has 27 heavy (non-hydrogen) atoms. The highest BCUT2D eigenvalue weighted by atomic mass is 35.5. The molecular formula is C18H26ClNO7. The number of aliphatic hydroxyl groups is 3. The number of hydrogen-bond donors (Lipinski definition) is 3. The number of esters is 2. The summed E-state index contributed by atoms with van der Waals surface area (Å²) in [6.07, 6.45) is 1.66. The van der Waals surface area contributed by atoms with Crippen molar-refractivity contribution in [3.8, 4) is 0 Å². The zero-order chi connectivity index (χ0) is 20.0. The molecule has 3 heterocycles. The van der Waals surface area contributed by atoms with Gasteiger partial charge in [-0.3, -0.25) is 4.90 Å². The number of nitrogens with zero attached hydrogens (tertiary/aromatic N) is 1. The van der Waals surface area contributed by atoms with Gasteiger partial charge in [0.05, 0.1) is 18.0 Å². The van der Waals surface area contributed by atoms with Crippen molar-refractivity contribution in [2.75, 3.05) is 26.3 Å². The summed E-state index contributed by atoms with van der Waals surface area (Å²) in [4.78, 5) is 27.5. The van der Waals surface area contributed by atoms with Crippen LogP contribution in [-0.2, 0) is 19.1 Å². The normalized spacial score (nSPS) is 41.7. The van der Waals surface area contributed by atoms with Crippen molar-refractivity contribution in [3.63, 3.8) is 0 Å². The van der Waals surface area contributed by atoms with E-state index in [9.17, 15) is 24.9 Å². The molecule has 6 atom stereocenters. The lowest BCUT2D eigenvalue weighted by Gasteiger charge is -2.38. The highest BCUT2D eigenvalue weighted by molar-refractivity contribution is 6.22. The van der Waals surface area contributed by atoms with Gasteiger partial charge < -0.3 is 24.8 Å². The number of carbonyl (C=O) groups excluding carboxylic acids is 2. The molecule has 0 bridgehead atoms. The SMILES string of the molecule is CC(Cl)C1(O)CC(C)C(O)(CO)C(=O)OCC2=CCN3CCC(OC1=O)C23. The van der Waals surface area contributed by atoms with Gasteiger partial charge >= 0.3 is 11.9 Å². The fourth-order valence-corrected chi connectivity index (χ4v) is 4.28. The fraction of sp³-hybridized carbons (Fsp3) is 0.778. The Hall–Kier alpha value is -1.19. The number of carbonyl (C=O) groups is 2. The van der Waals surface area contributed by atoms with Gasteiger partial charge in [-0.25, -0.2) is 9.59 Å². The van der Waals surface area contributed by atoms with Crippen LogP contribution < -0.4 is 0 Å². The third-order valence-corrected chi connectivity index (χ3v) is 6.44. The van der Waals surface area contributed by atoms with Crippen LogP contribution in [0.3, 0.4) is 0 Å². The van der Waals surface area contributed by atoms with E-state index < -0.39 is 47.1 Å². The summed E-state index contributed by atoms with van der Waals surface area (Å²) in [5, 5.41) is 30.3. The Morgan fingerprint density at radius 2 is 2.07 bits per heavy atom. The second-order valence-corrected chi connectivity index (χ2v) is 8.41. The molecule has 2 saturated heterocycles. The predicted molar refractivity (Wildman–Crippen MR) is 95.0 cm³/mol. The number of ether oxygens (including phenoxy) is 2. The highest BCUT2D eigenvalue weighted by Gasteiger charge is 2.53. The Morgan fingerprint density at radius 3 is 2.70 bits per heavy atom. The van der Waals surface area contributed by atoms with E-state index >= 15 is 0 Å². The summed E-state index contributed by atoms with van der Waals surface area (Å²) in [6.45, 7) is 3.27. The molecule has 0 aromatic rings. The smallest absolute Gasteiger partial charge is 0.341 e. The maximum absolute atomic E-state index is 12.8. The molecule has 3 N–H and O–H groups in total. The number of aliphatic hydroxyl groups excluding tert-OH is 1. The second kappa shape index (κ2) is 7.33. The van der Waals surface area contributed by atoms with E-state index in [2.05, 4.69) is 4.90 Å². The molecule has 6 unspecified atom stereocenters. The second-order valence-electron chi connectivity index (χ2n) is 7.76. The maximum atomic E-state index is 12.8. The van der Waals surface area contributed by atoms with Gasteiger partial charge in [-0.1, -0.05) is 13.0 Å². The molecule has 3 rings (SSSR count). The molecule has 3 aliphatic heterocycles. The van der Waals surface area contributed by atoms with Crippen LogP contribution in [0.2, 0.25) is 0 Å². The Kier molecular flexibility index (Phi) is 5.58. The number of rotatable bonds is 2. The number of alkyl halides is 1. The molecule has 9 heteroatoms. The van der Waals surface area contributed by atoms with Gasteiger partial charge in [-0.15, -0.1) is 11.6 Å². The standard InChI is InChI=1S/C18H26ClNO7/c1-10-7-17(24,11(2)19)16(23)27-13-4-6-20-5-3-12(14(13)20)8-26-15(22)18(10,25)9-21/h3,10-11,13-14,21,24-25H,4-9H2,1-2H3. The first kappa shape index (κ1) is 20.5. The van der Waals surface area contributed by atoms with E-state index in [0.29, 0.717) is 19.5 Å². The molecule has 0 saturated carbocycles. The van der Waals surface area contributed by atoms with E-state index in [1.165, 1.54) is 13.8 Å². The van der Waals surface area contributed by atoms with Crippen LogP contribution in [0.5, 0.6) is 0 Å². The lowest BCUT2D eigenvalue weighted by Crippen LogP contribution is -2.57. The Labute approximate surface area is 162 Å². The first-order valence-electron chi connectivity index (χ1n) is 9.14. The molecule has 2 fully saturated rings. The van der Waals surface area contributed by atoms with Crippen LogP contribution >= 0.6 is 11.6 Å². The largest absolute Gasteiger partial charge is 0.459 e. The third kappa shape index (κ3) is 3.38. The Balaban J connectivity index is 1.98. The maximum Gasteiger partial charge on any atom is 0.341 e. The molecule has 0 amide bonds. The zero-order valence-corrected chi connectivity index (χ0v) is 16.2. The van der Waals surface area contributed by atoms with E-state index in [-0.39, 0.29) is 19.1 Å². The lowest BCUT2D eigenvalue weighted by atomic mass is 9.79. The van der Waals surface area contributed by atoms with Crippen molar-refractivity contribution in [3.05, 3.63) is 11.6 Å². The Morgan fingerprint density at radius 1 is 1.37 bits per heavy atom. The number of cyclic esters (lactones) is 1. The molecule has 3 aliphatic rings. The average Bonchev–Trinajstić information content (AvgIpc) is 3.20. The van der Waals surface area contributed by atoms with Crippen LogP contribution in [0.25, 0.3) is 0 Å². The van der Waals surface area contributed by atoms with Crippen molar-refractivity contribution in [2.24, 2.45) is 5.92 Å². The first-order valence-corrected chi connectivity index (χ1v) is 9.58. The monoisotopic (exact) mass is 403 g/mol. The molecule has 0 aromatic heterocycles. The van der Waals surface area contributed by atoms with Gasteiger partial charge in [0.2, 0.25) is 0 Å². The summed E-state index contributed by atoms with van der Waals surface area (Å²) in [7, 11) is 0. The van der Waals surface area contributed by atoms with E-state index in [1.807, 2.05) is 6.08 Å². The van der Waals surface area contributed by atoms with E-state index in [0.717, 1.165) is 5.57 Å². The minimum Gasteiger partial charge on any atom is -0.459 e. The van der Waals surface area contributed by atoms with Crippen molar-refractivity contribution in [1.29, 1.82) is 0 Å². The molecular weight excluding hydrogens is 378 g/mol. The molecule has 8 nitrogen and oxygen atoms in total. The van der Waals surface area contributed by atoms with Gasteiger partial charge in [-0.2, -0.15) is 0 Å². The van der Waals surface area contributed by atoms with Crippen molar-refractivity contribution in [1.82, 2.24) is 4.90 Å². The van der Waals surface area contributed by atoms with Crippen molar-refractivity contribution >= 4 is 23.5 Å². The van der Waals surface area contributed by atoms with Gasteiger partial charge in [-0.05, 0) is 25.3 Å². The molecule has 0 spiro atoms. The predicted octanol–water partition coefficient (Wildman–Crippen LogP) is -0.423. The minimum absolute atomic E-state index is 0.0563. The summed E-state index contributed by atoms with van der Waals surface area (Å²) in [5.74, 6) is -2.89. The average molecular weight is 404 g/mol. The van der Waals surface area contributed by atoms with Crippen LogP contribution in [0.1, 0.15) is 26.7 Å². The van der Waals surface area contributed by atoms with E-state index in [4.69, 9.17) is 21.1 Å². The topological polar surface area (TPSA) is 117 Å². The molecule has 0 aliphatic carbocycles. The van der Waals surface area contributed by atoms with Crippen molar-refractivity contribution < 1.29 is 34.4 Å². The van der Waals surface area contributed by atoms with Gasteiger partial charge in [0.25, 0.3) is 0 Å². The lowest BCUT2D eigenvalue weighted by molar-refractivity contribution is -0.188. The number of hydrogen-bond acceptors (Lipinski definition) is 8. The summed E-state index contributed by atoms with van der Waals surface area (Å²) in [5.41, 5.74) is -3.62. The number of halogens is 1. The van der Waals surface area contributed by atoms with Crippen LogP contribution in [-0.4, -0.2) is 87.2 Å². The van der Waals surface area contributed by atoms with Crippen LogP contribution in [0, 0.1) is 5.92 Å². The third-order valence-electron chi connectivity index (χ3n) is 6.08. The zero-order valence-electron chi connectivity index (χ0n) is 15.4. The van der Waals surface area contributed by atoms with Gasteiger partial charge in [0, 0.05) is 19.0 Å². The molecule has 0 aromatic carbocycles. The molecule has 0 radical (unpaired) electrons. The summed E-state index contributed by atoms with van der Waals surface area (Å²) < 4.78 is 10.9. The summed E-state index contributed by atoms with van der Waals surface area (Å²) in [6, 6.07) is -0.240. The first-order chi connectivity index (χ1) is 12.6. The Bertz CT molecular complexity index is 654. The van der Waals surface area contributed by atoms with E-state index in [1.54, 1.807) is 0 Å². The molecule has 152 valence electrons. The fourth-order valence-electron chi connectivity index (χ4n) is 4.10. The van der Waals surface area contributed by atoms with Crippen molar-refractivity contribution in [2.45, 2.75) is 55.4 Å². The van der Waals surface area contributed by atoms with Gasteiger partial charge in [0.1, 0.15) is 12.7 Å². The quantitative estimate of drug-likeness (QED) is 0.323. The van der Waals surface area contributed by atoms with Gasteiger partial charge in [0.15, 0.2) is 11.2 Å². The minimum atomic E-state index is -2.27. The summed E-state index contributed by atoms with van der Waals surface area (Å²) >= 11 is 6.10. The van der Waals surface area contributed by atoms with Crippen LogP contribution in [0.15, 0.2) is 11.6 Å².